The van der Waals surface area contributed by atoms with Crippen molar-refractivity contribution in [3.05, 3.63) is 62.1 Å². The van der Waals surface area contributed by atoms with Crippen molar-refractivity contribution in [3.8, 4) is 0 Å². The number of imidazole rings is 1. The van der Waals surface area contributed by atoms with Crippen LogP contribution in [0.3, 0.4) is 0 Å². The Hall–Kier alpha value is -2.96. The third-order valence-corrected chi connectivity index (χ3v) is 4.22. The van der Waals surface area contributed by atoms with E-state index in [9.17, 15) is 14.4 Å². The highest BCUT2D eigenvalue weighted by Crippen LogP contribution is 2.14. The largest absolute Gasteiger partial charge is 0.332 e. The van der Waals surface area contributed by atoms with Crippen molar-refractivity contribution in [1.82, 2.24) is 18.7 Å². The Balaban J connectivity index is 2.12. The number of aromatic nitrogens is 4. The third kappa shape index (κ3) is 2.38. The predicted octanol–water partition coefficient (Wildman–Crippen LogP) is 0.933. The number of ketones is 1. The monoisotopic (exact) mass is 326 g/mol. The normalized spacial score (nSPS) is 11.2. The van der Waals surface area contributed by atoms with Crippen LogP contribution in [0.4, 0.5) is 0 Å². The van der Waals surface area contributed by atoms with E-state index in [1.807, 2.05) is 32.0 Å². The smallest absolute Gasteiger partial charge is 0.317 e. The standard InChI is InChI=1S/C17H18N4O3/c1-10-5-6-11(2)12(7-10)13(22)8-21-9-18-15-14(21)16(23)20(4)17(24)19(15)3/h5-7,9H,8H2,1-4H3. The molecule has 0 N–H and O–H groups in total. The minimum absolute atomic E-state index is 0.00572. The lowest BCUT2D eigenvalue weighted by Crippen LogP contribution is -2.37. The maximum absolute atomic E-state index is 12.7. The van der Waals surface area contributed by atoms with Gasteiger partial charge in [0.1, 0.15) is 0 Å². The van der Waals surface area contributed by atoms with E-state index in [0.717, 1.165) is 15.7 Å². The number of carbonyl (C=O) groups is 1. The highest BCUT2D eigenvalue weighted by Gasteiger charge is 2.17. The van der Waals surface area contributed by atoms with E-state index in [2.05, 4.69) is 4.98 Å². The van der Waals surface area contributed by atoms with Gasteiger partial charge in [0.25, 0.3) is 5.56 Å². The van der Waals surface area contributed by atoms with Gasteiger partial charge in [-0.25, -0.2) is 9.78 Å². The Kier molecular flexibility index (Phi) is 3.71. The summed E-state index contributed by atoms with van der Waals surface area (Å²) in [4.78, 5) is 41.1. The van der Waals surface area contributed by atoms with Gasteiger partial charge >= 0.3 is 5.69 Å². The number of aryl methyl sites for hydroxylation is 3. The summed E-state index contributed by atoms with van der Waals surface area (Å²) >= 11 is 0. The van der Waals surface area contributed by atoms with Crippen LogP contribution in [-0.4, -0.2) is 24.5 Å². The molecule has 24 heavy (non-hydrogen) atoms. The van der Waals surface area contributed by atoms with Gasteiger partial charge in [-0.05, 0) is 25.5 Å². The van der Waals surface area contributed by atoms with Crippen LogP contribution in [0.2, 0.25) is 0 Å². The Morgan fingerprint density at radius 1 is 1.12 bits per heavy atom. The van der Waals surface area contributed by atoms with Crippen LogP contribution in [0, 0.1) is 13.8 Å². The molecule has 2 heterocycles. The zero-order valence-electron chi connectivity index (χ0n) is 14.0. The topological polar surface area (TPSA) is 78.9 Å². The number of rotatable bonds is 3. The zero-order chi connectivity index (χ0) is 17.6. The maximum atomic E-state index is 12.7. The molecule has 0 atom stereocenters. The van der Waals surface area contributed by atoms with Crippen LogP contribution < -0.4 is 11.2 Å². The second kappa shape index (κ2) is 5.59. The van der Waals surface area contributed by atoms with Gasteiger partial charge in [0.05, 0.1) is 12.9 Å². The van der Waals surface area contributed by atoms with E-state index in [-0.39, 0.29) is 23.5 Å². The van der Waals surface area contributed by atoms with E-state index in [0.29, 0.717) is 5.56 Å². The molecule has 3 rings (SSSR count). The minimum Gasteiger partial charge on any atom is -0.317 e. The van der Waals surface area contributed by atoms with Crippen molar-refractivity contribution in [2.75, 3.05) is 0 Å². The summed E-state index contributed by atoms with van der Waals surface area (Å²) in [5.41, 5.74) is 2.12. The number of hydrogen-bond acceptors (Lipinski definition) is 4. The average molecular weight is 326 g/mol. The predicted molar refractivity (Wildman–Crippen MR) is 90.5 cm³/mol. The number of nitrogens with zero attached hydrogens (tertiary/aromatic N) is 4. The molecule has 0 bridgehead atoms. The van der Waals surface area contributed by atoms with Crippen molar-refractivity contribution >= 4 is 16.9 Å². The molecule has 0 aliphatic carbocycles. The van der Waals surface area contributed by atoms with Crippen LogP contribution in [0.15, 0.2) is 34.1 Å². The van der Waals surface area contributed by atoms with Gasteiger partial charge in [-0.2, -0.15) is 0 Å². The Labute approximate surface area is 137 Å². The first kappa shape index (κ1) is 15.9. The van der Waals surface area contributed by atoms with Crippen LogP contribution in [0.25, 0.3) is 11.2 Å². The molecular weight excluding hydrogens is 308 g/mol. The summed E-state index contributed by atoms with van der Waals surface area (Å²) in [5, 5.41) is 0. The summed E-state index contributed by atoms with van der Waals surface area (Å²) in [7, 11) is 2.96. The second-order valence-corrected chi connectivity index (χ2v) is 5.99. The molecule has 0 saturated heterocycles. The van der Waals surface area contributed by atoms with Crippen molar-refractivity contribution in [3.63, 3.8) is 0 Å². The van der Waals surface area contributed by atoms with Gasteiger partial charge in [0.2, 0.25) is 0 Å². The van der Waals surface area contributed by atoms with E-state index in [4.69, 9.17) is 0 Å². The molecule has 0 aliphatic rings. The highest BCUT2D eigenvalue weighted by molar-refractivity contribution is 5.98. The van der Waals surface area contributed by atoms with Gasteiger partial charge in [0, 0.05) is 19.7 Å². The molecule has 3 aromatic rings. The number of carbonyl (C=O) groups excluding carboxylic acids is 1. The molecule has 0 saturated carbocycles. The van der Waals surface area contributed by atoms with Gasteiger partial charge in [-0.15, -0.1) is 0 Å². The summed E-state index contributed by atoms with van der Waals surface area (Å²) < 4.78 is 3.82. The summed E-state index contributed by atoms with van der Waals surface area (Å²) in [6, 6.07) is 5.69. The molecule has 0 spiro atoms. The molecule has 0 radical (unpaired) electrons. The Morgan fingerprint density at radius 3 is 2.54 bits per heavy atom. The van der Waals surface area contributed by atoms with Crippen LogP contribution in [0.5, 0.6) is 0 Å². The summed E-state index contributed by atoms with van der Waals surface area (Å²) in [6.07, 6.45) is 1.43. The third-order valence-electron chi connectivity index (χ3n) is 4.22. The van der Waals surface area contributed by atoms with E-state index in [1.54, 1.807) is 7.05 Å². The van der Waals surface area contributed by atoms with Crippen molar-refractivity contribution in [1.29, 1.82) is 0 Å². The van der Waals surface area contributed by atoms with Gasteiger partial charge < -0.3 is 4.57 Å². The number of hydrogen-bond donors (Lipinski definition) is 0. The molecular formula is C17H18N4O3. The highest BCUT2D eigenvalue weighted by atomic mass is 16.2. The van der Waals surface area contributed by atoms with E-state index in [1.165, 1.54) is 22.5 Å². The average Bonchev–Trinajstić information content (AvgIpc) is 2.96. The number of benzene rings is 1. The lowest BCUT2D eigenvalue weighted by atomic mass is 10.0. The first-order valence-electron chi connectivity index (χ1n) is 7.52. The lowest BCUT2D eigenvalue weighted by molar-refractivity contribution is 0.0972. The van der Waals surface area contributed by atoms with Crippen LogP contribution >= 0.6 is 0 Å². The first-order chi connectivity index (χ1) is 11.3. The summed E-state index contributed by atoms with van der Waals surface area (Å²) in [5.74, 6) is -0.105. The maximum Gasteiger partial charge on any atom is 0.332 e. The van der Waals surface area contributed by atoms with Crippen molar-refractivity contribution in [2.24, 2.45) is 14.1 Å². The Morgan fingerprint density at radius 2 is 1.83 bits per heavy atom. The van der Waals surface area contributed by atoms with Crippen LogP contribution in [0.1, 0.15) is 21.5 Å². The van der Waals surface area contributed by atoms with Crippen LogP contribution in [-0.2, 0) is 20.6 Å². The molecule has 7 heteroatoms. The quantitative estimate of drug-likeness (QED) is 0.671. The number of Topliss-reactive ketones (excluding diaryl/α,β-unsaturated/α-hetero) is 1. The van der Waals surface area contributed by atoms with Gasteiger partial charge in [-0.1, -0.05) is 17.7 Å². The molecule has 0 unspecified atom stereocenters. The fourth-order valence-corrected chi connectivity index (χ4v) is 2.79. The molecule has 0 fully saturated rings. The second-order valence-electron chi connectivity index (χ2n) is 5.99. The van der Waals surface area contributed by atoms with E-state index < -0.39 is 11.2 Å². The first-order valence-corrected chi connectivity index (χ1v) is 7.52. The lowest BCUT2D eigenvalue weighted by Gasteiger charge is -2.08. The zero-order valence-corrected chi connectivity index (χ0v) is 14.0. The van der Waals surface area contributed by atoms with Crippen molar-refractivity contribution < 1.29 is 4.79 Å². The van der Waals surface area contributed by atoms with Crippen molar-refractivity contribution in [2.45, 2.75) is 20.4 Å². The minimum atomic E-state index is -0.459. The Bertz CT molecular complexity index is 1090. The molecule has 2 aromatic heterocycles. The molecule has 0 aliphatic heterocycles. The summed E-state index contributed by atoms with van der Waals surface area (Å²) in [6.45, 7) is 3.80. The molecule has 124 valence electrons. The molecule has 0 amide bonds. The van der Waals surface area contributed by atoms with Gasteiger partial charge in [0.15, 0.2) is 16.9 Å². The fraction of sp³-hybridized carbons (Fsp3) is 0.294. The van der Waals surface area contributed by atoms with Gasteiger partial charge in [-0.3, -0.25) is 18.7 Å². The number of fused-ring (bicyclic) bond motifs is 1. The molecule has 7 nitrogen and oxygen atoms in total. The van der Waals surface area contributed by atoms with E-state index >= 15 is 0 Å². The fourth-order valence-electron chi connectivity index (χ4n) is 2.79. The molecule has 1 aromatic carbocycles. The SMILES string of the molecule is Cc1ccc(C)c(C(=O)Cn2cnc3c2c(=O)n(C)c(=O)n3C)c1.